The van der Waals surface area contributed by atoms with Crippen LogP contribution in [0.1, 0.15) is 17.4 Å². The standard InChI is InChI=1S/C13H15F2NOS/c1-3-16-6-13-9(7-17-2)8-4-10(14)11(15)5-12(8)18-13/h4-5,16H,3,6-7H2,1-2H3. The predicted octanol–water partition coefficient (Wildman–Crippen LogP) is 3.44. The van der Waals surface area contributed by atoms with Crippen molar-refractivity contribution >= 4 is 21.4 Å². The molecule has 0 aliphatic carbocycles. The Balaban J connectivity index is 2.52. The molecule has 2 aromatic rings. The summed E-state index contributed by atoms with van der Waals surface area (Å²) in [6.07, 6.45) is 0. The maximum atomic E-state index is 13.3. The van der Waals surface area contributed by atoms with Gasteiger partial charge in [-0.25, -0.2) is 8.78 Å². The minimum atomic E-state index is -0.812. The van der Waals surface area contributed by atoms with Crippen LogP contribution in [0.3, 0.4) is 0 Å². The van der Waals surface area contributed by atoms with Gasteiger partial charge in [0.15, 0.2) is 11.6 Å². The van der Waals surface area contributed by atoms with Crippen molar-refractivity contribution in [3.05, 3.63) is 34.2 Å². The van der Waals surface area contributed by atoms with E-state index in [1.54, 1.807) is 7.11 Å². The second kappa shape index (κ2) is 5.73. The molecule has 2 nitrogen and oxygen atoms in total. The fraction of sp³-hybridized carbons (Fsp3) is 0.385. The summed E-state index contributed by atoms with van der Waals surface area (Å²) in [5, 5.41) is 3.97. The first-order chi connectivity index (χ1) is 8.67. The Bertz CT molecular complexity index is 553. The highest BCUT2D eigenvalue weighted by molar-refractivity contribution is 7.19. The number of rotatable bonds is 5. The second-order valence-electron chi connectivity index (χ2n) is 3.98. The maximum Gasteiger partial charge on any atom is 0.160 e. The molecule has 0 spiro atoms. The number of thiophene rings is 1. The summed E-state index contributed by atoms with van der Waals surface area (Å²) >= 11 is 1.48. The third-order valence-electron chi connectivity index (χ3n) is 2.74. The molecule has 1 heterocycles. The SMILES string of the molecule is CCNCc1sc2cc(F)c(F)cc2c1COC. The minimum absolute atomic E-state index is 0.409. The largest absolute Gasteiger partial charge is 0.380 e. The first-order valence-corrected chi connectivity index (χ1v) is 6.58. The van der Waals surface area contributed by atoms with Gasteiger partial charge < -0.3 is 10.1 Å². The molecule has 0 saturated carbocycles. The van der Waals surface area contributed by atoms with E-state index in [4.69, 9.17) is 4.74 Å². The van der Waals surface area contributed by atoms with Crippen LogP contribution < -0.4 is 5.32 Å². The van der Waals surface area contributed by atoms with E-state index in [9.17, 15) is 8.78 Å². The molecule has 0 aliphatic rings. The molecule has 0 radical (unpaired) electrons. The number of benzene rings is 1. The van der Waals surface area contributed by atoms with Gasteiger partial charge in [0.1, 0.15) is 0 Å². The molecule has 0 fully saturated rings. The molecule has 0 saturated heterocycles. The van der Waals surface area contributed by atoms with E-state index in [1.165, 1.54) is 23.5 Å². The first kappa shape index (κ1) is 13.4. The number of fused-ring (bicyclic) bond motifs is 1. The molecule has 2 rings (SSSR count). The lowest BCUT2D eigenvalue weighted by atomic mass is 10.1. The summed E-state index contributed by atoms with van der Waals surface area (Å²) in [6, 6.07) is 2.51. The fourth-order valence-electron chi connectivity index (χ4n) is 1.88. The van der Waals surface area contributed by atoms with E-state index < -0.39 is 11.6 Å². The first-order valence-electron chi connectivity index (χ1n) is 5.76. The number of ether oxygens (including phenoxy) is 1. The van der Waals surface area contributed by atoms with Gasteiger partial charge in [0.05, 0.1) is 6.61 Å². The van der Waals surface area contributed by atoms with Crippen LogP contribution in [-0.2, 0) is 17.9 Å². The summed E-state index contributed by atoms with van der Waals surface area (Å²) in [6.45, 7) is 3.97. The van der Waals surface area contributed by atoms with Crippen molar-refractivity contribution in [2.75, 3.05) is 13.7 Å². The smallest absolute Gasteiger partial charge is 0.160 e. The molecule has 18 heavy (non-hydrogen) atoms. The number of halogens is 2. The molecule has 5 heteroatoms. The molecular weight excluding hydrogens is 256 g/mol. The van der Waals surface area contributed by atoms with Gasteiger partial charge in [-0.05, 0) is 18.7 Å². The lowest BCUT2D eigenvalue weighted by Crippen LogP contribution is -2.11. The van der Waals surface area contributed by atoms with Crippen molar-refractivity contribution in [1.82, 2.24) is 5.32 Å². The topological polar surface area (TPSA) is 21.3 Å². The Hall–Kier alpha value is -1.04. The molecule has 1 aromatic carbocycles. The number of nitrogens with one attached hydrogen (secondary N) is 1. The van der Waals surface area contributed by atoms with Gasteiger partial charge in [-0.3, -0.25) is 0 Å². The highest BCUT2D eigenvalue weighted by atomic mass is 32.1. The van der Waals surface area contributed by atoms with Crippen LogP contribution in [0.15, 0.2) is 12.1 Å². The fourth-order valence-corrected chi connectivity index (χ4v) is 3.06. The van der Waals surface area contributed by atoms with Crippen molar-refractivity contribution in [2.24, 2.45) is 0 Å². The average Bonchev–Trinajstić information content (AvgIpc) is 2.66. The Labute approximate surface area is 109 Å². The molecular formula is C13H15F2NOS. The zero-order valence-electron chi connectivity index (χ0n) is 10.3. The molecule has 0 amide bonds. The Morgan fingerprint density at radius 1 is 1.28 bits per heavy atom. The predicted molar refractivity (Wildman–Crippen MR) is 69.8 cm³/mol. The quantitative estimate of drug-likeness (QED) is 0.899. The summed E-state index contributed by atoms with van der Waals surface area (Å²) < 4.78 is 32.4. The van der Waals surface area contributed by atoms with Crippen LogP contribution in [-0.4, -0.2) is 13.7 Å². The lowest BCUT2D eigenvalue weighted by Gasteiger charge is -2.04. The lowest BCUT2D eigenvalue weighted by molar-refractivity contribution is 0.185. The Morgan fingerprint density at radius 3 is 2.67 bits per heavy atom. The van der Waals surface area contributed by atoms with Gasteiger partial charge >= 0.3 is 0 Å². The highest BCUT2D eigenvalue weighted by Gasteiger charge is 2.14. The minimum Gasteiger partial charge on any atom is -0.380 e. The van der Waals surface area contributed by atoms with Crippen LogP contribution in [0, 0.1) is 11.6 Å². The van der Waals surface area contributed by atoms with E-state index >= 15 is 0 Å². The summed E-state index contributed by atoms with van der Waals surface area (Å²) in [5.41, 5.74) is 0.942. The van der Waals surface area contributed by atoms with E-state index in [-0.39, 0.29) is 0 Å². The number of hydrogen-bond acceptors (Lipinski definition) is 3. The summed E-state index contributed by atoms with van der Waals surface area (Å²) in [4.78, 5) is 1.07. The van der Waals surface area contributed by atoms with Crippen LogP contribution in [0.4, 0.5) is 8.78 Å². The Morgan fingerprint density at radius 2 is 2.00 bits per heavy atom. The number of hydrogen-bond donors (Lipinski definition) is 1. The maximum absolute atomic E-state index is 13.3. The van der Waals surface area contributed by atoms with Crippen molar-refractivity contribution < 1.29 is 13.5 Å². The zero-order chi connectivity index (χ0) is 13.1. The van der Waals surface area contributed by atoms with Crippen molar-refractivity contribution in [2.45, 2.75) is 20.1 Å². The monoisotopic (exact) mass is 271 g/mol. The molecule has 1 aromatic heterocycles. The number of methoxy groups -OCH3 is 1. The molecule has 0 bridgehead atoms. The molecule has 0 aliphatic heterocycles. The van der Waals surface area contributed by atoms with Crippen molar-refractivity contribution in [1.29, 1.82) is 0 Å². The molecule has 98 valence electrons. The Kier molecular flexibility index (Phi) is 4.27. The van der Waals surface area contributed by atoms with Gasteiger partial charge in [-0.1, -0.05) is 6.92 Å². The third-order valence-corrected chi connectivity index (χ3v) is 3.94. The van der Waals surface area contributed by atoms with Crippen LogP contribution in [0.2, 0.25) is 0 Å². The van der Waals surface area contributed by atoms with E-state index in [0.717, 1.165) is 27.1 Å². The normalized spacial score (nSPS) is 11.3. The second-order valence-corrected chi connectivity index (χ2v) is 5.12. The summed E-state index contributed by atoms with van der Waals surface area (Å²) in [5.74, 6) is -1.62. The third kappa shape index (κ3) is 2.53. The zero-order valence-corrected chi connectivity index (χ0v) is 11.2. The van der Waals surface area contributed by atoms with Crippen molar-refractivity contribution in [3.63, 3.8) is 0 Å². The molecule has 0 atom stereocenters. The van der Waals surface area contributed by atoms with E-state index in [2.05, 4.69) is 5.32 Å². The van der Waals surface area contributed by atoms with E-state index in [1.807, 2.05) is 6.92 Å². The van der Waals surface area contributed by atoms with E-state index in [0.29, 0.717) is 13.2 Å². The molecule has 1 N–H and O–H groups in total. The van der Waals surface area contributed by atoms with Crippen molar-refractivity contribution in [3.8, 4) is 0 Å². The van der Waals surface area contributed by atoms with Crippen LogP contribution in [0.25, 0.3) is 10.1 Å². The molecule has 0 unspecified atom stereocenters. The van der Waals surface area contributed by atoms with Crippen LogP contribution >= 0.6 is 11.3 Å². The van der Waals surface area contributed by atoms with Crippen LogP contribution in [0.5, 0.6) is 0 Å². The van der Waals surface area contributed by atoms with Gasteiger partial charge in [0.25, 0.3) is 0 Å². The van der Waals surface area contributed by atoms with Gasteiger partial charge in [0, 0.05) is 34.2 Å². The average molecular weight is 271 g/mol. The van der Waals surface area contributed by atoms with Gasteiger partial charge in [-0.15, -0.1) is 11.3 Å². The van der Waals surface area contributed by atoms with Gasteiger partial charge in [0.2, 0.25) is 0 Å². The summed E-state index contributed by atoms with van der Waals surface area (Å²) in [7, 11) is 1.60. The van der Waals surface area contributed by atoms with Gasteiger partial charge in [-0.2, -0.15) is 0 Å². The highest BCUT2D eigenvalue weighted by Crippen LogP contribution is 2.33.